The van der Waals surface area contributed by atoms with Crippen molar-refractivity contribution in [3.8, 4) is 0 Å². The van der Waals surface area contributed by atoms with Crippen molar-refractivity contribution in [1.82, 2.24) is 14.9 Å². The van der Waals surface area contributed by atoms with E-state index in [1.165, 1.54) is 5.56 Å². The maximum atomic E-state index is 13.2. The molecule has 5 heteroatoms. The van der Waals surface area contributed by atoms with Crippen LogP contribution in [0.3, 0.4) is 0 Å². The van der Waals surface area contributed by atoms with Crippen molar-refractivity contribution in [3.05, 3.63) is 54.4 Å². The van der Waals surface area contributed by atoms with Gasteiger partial charge in [-0.1, -0.05) is 30.3 Å². The molecule has 1 saturated carbocycles. The third-order valence-electron chi connectivity index (χ3n) is 6.54. The van der Waals surface area contributed by atoms with E-state index in [9.17, 15) is 4.79 Å². The van der Waals surface area contributed by atoms with Crippen LogP contribution in [0.2, 0.25) is 0 Å². The Morgan fingerprint density at radius 3 is 2.41 bits per heavy atom. The molecule has 140 valence electrons. The molecule has 3 heterocycles. The SMILES string of the molecule is O=C(C1CC1c1ccccc1)N1[C@@H]2CC[C@H]1CC(CNc1ncccn1)C2. The maximum Gasteiger partial charge on any atom is 0.226 e. The second-order valence-corrected chi connectivity index (χ2v) is 8.28. The molecule has 5 rings (SSSR count). The first kappa shape index (κ1) is 16.7. The zero-order valence-electron chi connectivity index (χ0n) is 15.5. The number of carbonyl (C=O) groups is 1. The molecule has 2 aliphatic heterocycles. The highest BCUT2D eigenvalue weighted by atomic mass is 16.2. The molecule has 3 unspecified atom stereocenters. The molecule has 1 amide bonds. The van der Waals surface area contributed by atoms with Crippen LogP contribution in [0, 0.1) is 11.8 Å². The van der Waals surface area contributed by atoms with E-state index >= 15 is 0 Å². The summed E-state index contributed by atoms with van der Waals surface area (Å²) in [7, 11) is 0. The van der Waals surface area contributed by atoms with Crippen LogP contribution >= 0.6 is 0 Å². The fourth-order valence-electron chi connectivity index (χ4n) is 5.17. The van der Waals surface area contributed by atoms with Crippen LogP contribution in [0.25, 0.3) is 0 Å². The number of hydrogen-bond acceptors (Lipinski definition) is 4. The highest BCUT2D eigenvalue weighted by molar-refractivity contribution is 5.84. The molecule has 1 aromatic heterocycles. The quantitative estimate of drug-likeness (QED) is 0.885. The molecule has 2 bridgehead atoms. The van der Waals surface area contributed by atoms with Gasteiger partial charge >= 0.3 is 0 Å². The molecule has 2 aromatic rings. The lowest BCUT2D eigenvalue weighted by atomic mass is 9.90. The Morgan fingerprint density at radius 2 is 1.70 bits per heavy atom. The van der Waals surface area contributed by atoms with Crippen molar-refractivity contribution in [3.63, 3.8) is 0 Å². The smallest absolute Gasteiger partial charge is 0.226 e. The first-order chi connectivity index (χ1) is 13.3. The van der Waals surface area contributed by atoms with Gasteiger partial charge in [-0.25, -0.2) is 9.97 Å². The third-order valence-corrected chi connectivity index (χ3v) is 6.54. The van der Waals surface area contributed by atoms with Crippen LogP contribution in [0.15, 0.2) is 48.8 Å². The van der Waals surface area contributed by atoms with E-state index < -0.39 is 0 Å². The molecule has 5 nitrogen and oxygen atoms in total. The summed E-state index contributed by atoms with van der Waals surface area (Å²) in [5.74, 6) is 2.36. The minimum Gasteiger partial charge on any atom is -0.354 e. The van der Waals surface area contributed by atoms with E-state index in [2.05, 4.69) is 44.5 Å². The minimum absolute atomic E-state index is 0.211. The molecular weight excluding hydrogens is 336 g/mol. The molecule has 27 heavy (non-hydrogen) atoms. The molecule has 0 radical (unpaired) electrons. The summed E-state index contributed by atoms with van der Waals surface area (Å²) < 4.78 is 0. The fraction of sp³-hybridized carbons (Fsp3) is 0.500. The Labute approximate surface area is 160 Å². The average molecular weight is 362 g/mol. The van der Waals surface area contributed by atoms with Crippen LogP contribution in [0.4, 0.5) is 5.95 Å². The van der Waals surface area contributed by atoms with Crippen LogP contribution in [-0.4, -0.2) is 39.4 Å². The van der Waals surface area contributed by atoms with Crippen molar-refractivity contribution >= 4 is 11.9 Å². The molecular formula is C22H26N4O. The van der Waals surface area contributed by atoms with E-state index in [-0.39, 0.29) is 5.92 Å². The third kappa shape index (κ3) is 3.31. The Balaban J connectivity index is 1.19. The topological polar surface area (TPSA) is 58.1 Å². The number of nitrogens with one attached hydrogen (secondary N) is 1. The number of fused-ring (bicyclic) bond motifs is 2. The summed E-state index contributed by atoms with van der Waals surface area (Å²) in [6.07, 6.45) is 9.08. The number of benzene rings is 1. The van der Waals surface area contributed by atoms with E-state index in [0.29, 0.717) is 35.8 Å². The second-order valence-electron chi connectivity index (χ2n) is 8.28. The highest BCUT2D eigenvalue weighted by Gasteiger charge is 2.51. The van der Waals surface area contributed by atoms with Gasteiger partial charge in [0.1, 0.15) is 0 Å². The van der Waals surface area contributed by atoms with E-state index in [0.717, 1.165) is 38.6 Å². The number of piperidine rings is 1. The molecule has 3 aliphatic rings. The van der Waals surface area contributed by atoms with E-state index in [1.807, 2.05) is 12.1 Å². The lowest BCUT2D eigenvalue weighted by Crippen LogP contribution is -2.48. The summed E-state index contributed by atoms with van der Waals surface area (Å²) in [6.45, 7) is 0.898. The first-order valence-electron chi connectivity index (χ1n) is 10.2. The second kappa shape index (κ2) is 6.95. The Kier molecular flexibility index (Phi) is 4.30. The van der Waals surface area contributed by atoms with Gasteiger partial charge in [-0.2, -0.15) is 0 Å². The van der Waals surface area contributed by atoms with E-state index in [1.54, 1.807) is 12.4 Å². The largest absolute Gasteiger partial charge is 0.354 e. The van der Waals surface area contributed by atoms with Gasteiger partial charge in [0.2, 0.25) is 11.9 Å². The van der Waals surface area contributed by atoms with Gasteiger partial charge in [0.05, 0.1) is 0 Å². The zero-order chi connectivity index (χ0) is 18.2. The number of carbonyl (C=O) groups excluding carboxylic acids is 1. The molecule has 2 saturated heterocycles. The standard InChI is InChI=1S/C22H26N4O/c27-21(20-13-19(20)16-5-2-1-3-6-16)26-17-7-8-18(26)12-15(11-17)14-25-22-23-9-4-10-24-22/h1-6,9-10,15,17-20H,7-8,11-14H2,(H,23,24,25)/t15?,17-,18+,19?,20?. The van der Waals surface area contributed by atoms with Gasteiger partial charge < -0.3 is 10.2 Å². The predicted octanol–water partition coefficient (Wildman–Crippen LogP) is 3.46. The summed E-state index contributed by atoms with van der Waals surface area (Å²) in [6, 6.07) is 13.2. The Hall–Kier alpha value is -2.43. The molecule has 3 fully saturated rings. The van der Waals surface area contributed by atoms with Crippen LogP contribution in [-0.2, 0) is 4.79 Å². The summed E-state index contributed by atoms with van der Waals surface area (Å²) in [4.78, 5) is 23.9. The number of aromatic nitrogens is 2. The number of anilines is 1. The molecule has 1 N–H and O–H groups in total. The van der Waals surface area contributed by atoms with Crippen molar-refractivity contribution in [1.29, 1.82) is 0 Å². The zero-order valence-corrected chi connectivity index (χ0v) is 15.5. The highest BCUT2D eigenvalue weighted by Crippen LogP contribution is 2.51. The van der Waals surface area contributed by atoms with Gasteiger partial charge in [0, 0.05) is 36.9 Å². The van der Waals surface area contributed by atoms with Gasteiger partial charge in [-0.05, 0) is 55.6 Å². The van der Waals surface area contributed by atoms with Crippen molar-refractivity contribution in [2.24, 2.45) is 11.8 Å². The number of hydrogen-bond donors (Lipinski definition) is 1. The lowest BCUT2D eigenvalue weighted by Gasteiger charge is -2.39. The lowest BCUT2D eigenvalue weighted by molar-refractivity contribution is -0.137. The molecule has 1 aromatic carbocycles. The summed E-state index contributed by atoms with van der Waals surface area (Å²) in [5, 5.41) is 3.37. The van der Waals surface area contributed by atoms with Crippen molar-refractivity contribution in [2.75, 3.05) is 11.9 Å². The molecule has 1 aliphatic carbocycles. The normalized spacial score (nSPS) is 31.6. The van der Waals surface area contributed by atoms with Crippen molar-refractivity contribution in [2.45, 2.75) is 50.1 Å². The fourth-order valence-corrected chi connectivity index (χ4v) is 5.17. The number of rotatable bonds is 5. The minimum atomic E-state index is 0.211. The molecule has 0 spiro atoms. The Bertz CT molecular complexity index is 782. The van der Waals surface area contributed by atoms with Crippen LogP contribution in [0.1, 0.15) is 43.6 Å². The van der Waals surface area contributed by atoms with Gasteiger partial charge in [-0.15, -0.1) is 0 Å². The predicted molar refractivity (Wildman–Crippen MR) is 104 cm³/mol. The van der Waals surface area contributed by atoms with Crippen molar-refractivity contribution < 1.29 is 4.79 Å². The maximum absolute atomic E-state index is 13.2. The van der Waals surface area contributed by atoms with Crippen LogP contribution < -0.4 is 5.32 Å². The molecule has 5 atom stereocenters. The number of amides is 1. The number of nitrogens with zero attached hydrogens (tertiary/aromatic N) is 3. The summed E-state index contributed by atoms with van der Waals surface area (Å²) >= 11 is 0. The van der Waals surface area contributed by atoms with E-state index in [4.69, 9.17) is 0 Å². The average Bonchev–Trinajstić information content (AvgIpc) is 3.47. The van der Waals surface area contributed by atoms with Crippen LogP contribution in [0.5, 0.6) is 0 Å². The Morgan fingerprint density at radius 1 is 1.00 bits per heavy atom. The van der Waals surface area contributed by atoms with Gasteiger partial charge in [0.15, 0.2) is 0 Å². The van der Waals surface area contributed by atoms with Gasteiger partial charge in [-0.3, -0.25) is 4.79 Å². The van der Waals surface area contributed by atoms with Gasteiger partial charge in [0.25, 0.3) is 0 Å². The first-order valence-corrected chi connectivity index (χ1v) is 10.2. The monoisotopic (exact) mass is 362 g/mol. The summed E-state index contributed by atoms with van der Waals surface area (Å²) in [5.41, 5.74) is 1.32.